The topological polar surface area (TPSA) is 58.1 Å². The summed E-state index contributed by atoms with van der Waals surface area (Å²) in [6.45, 7) is 2.09. The lowest BCUT2D eigenvalue weighted by Gasteiger charge is -2.27. The molecule has 5 nitrogen and oxygen atoms in total. The Hall–Kier alpha value is -3.73. The molecule has 154 valence electrons. The monoisotopic (exact) mass is 408 g/mol. The second kappa shape index (κ2) is 8.56. The minimum atomic E-state index is -0.130. The van der Waals surface area contributed by atoms with Gasteiger partial charge in [-0.15, -0.1) is 10.2 Å². The van der Waals surface area contributed by atoms with Crippen molar-refractivity contribution in [1.29, 1.82) is 0 Å². The summed E-state index contributed by atoms with van der Waals surface area (Å²) in [5, 5.41) is 14.0. The van der Waals surface area contributed by atoms with E-state index < -0.39 is 0 Å². The molecule has 1 aliphatic rings. The normalized spacial score (nSPS) is 13.9. The number of fused-ring (bicyclic) bond motifs is 1. The molecule has 1 fully saturated rings. The number of hydrogen-bond acceptors (Lipinski definition) is 4. The molecule has 3 aromatic carbocycles. The molecule has 4 aromatic rings. The number of benzene rings is 3. The van der Waals surface area contributed by atoms with Gasteiger partial charge in [-0.2, -0.15) is 0 Å². The van der Waals surface area contributed by atoms with Crippen LogP contribution in [0, 0.1) is 0 Å². The SMILES string of the molecule is O=C(Nc1cccc(-c2ccc(N3CCCCC3)nn2)c1)c1ccc2ccccc2c1. The van der Waals surface area contributed by atoms with Crippen molar-refractivity contribution in [3.05, 3.63) is 84.4 Å². The first-order valence-corrected chi connectivity index (χ1v) is 10.8. The van der Waals surface area contributed by atoms with Gasteiger partial charge in [-0.3, -0.25) is 4.79 Å². The number of hydrogen-bond donors (Lipinski definition) is 1. The van der Waals surface area contributed by atoms with Gasteiger partial charge >= 0.3 is 0 Å². The molecule has 5 heteroatoms. The minimum absolute atomic E-state index is 0.130. The van der Waals surface area contributed by atoms with Gasteiger partial charge in [0.2, 0.25) is 0 Å². The number of nitrogens with zero attached hydrogens (tertiary/aromatic N) is 3. The van der Waals surface area contributed by atoms with E-state index in [0.717, 1.165) is 46.6 Å². The van der Waals surface area contributed by atoms with Gasteiger partial charge in [-0.25, -0.2) is 0 Å². The van der Waals surface area contributed by atoms with Gasteiger partial charge in [0.05, 0.1) is 5.69 Å². The highest BCUT2D eigenvalue weighted by Gasteiger charge is 2.13. The average molecular weight is 409 g/mol. The third-order valence-electron chi connectivity index (χ3n) is 5.76. The summed E-state index contributed by atoms with van der Waals surface area (Å²) >= 11 is 0. The van der Waals surface area contributed by atoms with Gasteiger partial charge in [0.1, 0.15) is 0 Å². The molecular weight excluding hydrogens is 384 g/mol. The summed E-state index contributed by atoms with van der Waals surface area (Å²) < 4.78 is 0. The Kier molecular flexibility index (Phi) is 5.31. The molecule has 0 bridgehead atoms. The molecule has 0 aliphatic carbocycles. The zero-order valence-electron chi connectivity index (χ0n) is 17.3. The molecule has 1 saturated heterocycles. The van der Waals surface area contributed by atoms with Crippen LogP contribution in [-0.2, 0) is 0 Å². The number of aromatic nitrogens is 2. The lowest BCUT2D eigenvalue weighted by molar-refractivity contribution is 0.102. The zero-order valence-corrected chi connectivity index (χ0v) is 17.3. The molecule has 1 aromatic heterocycles. The molecule has 0 saturated carbocycles. The zero-order chi connectivity index (χ0) is 21.0. The van der Waals surface area contributed by atoms with Gasteiger partial charge in [-0.1, -0.05) is 42.5 Å². The minimum Gasteiger partial charge on any atom is -0.355 e. The first kappa shape index (κ1) is 19.2. The highest BCUT2D eigenvalue weighted by Crippen LogP contribution is 2.24. The quantitative estimate of drug-likeness (QED) is 0.482. The molecule has 0 unspecified atom stereocenters. The van der Waals surface area contributed by atoms with E-state index in [1.165, 1.54) is 19.3 Å². The van der Waals surface area contributed by atoms with E-state index in [1.54, 1.807) is 0 Å². The van der Waals surface area contributed by atoms with Crippen LogP contribution in [0.25, 0.3) is 22.0 Å². The van der Waals surface area contributed by atoms with Gasteiger partial charge in [0.15, 0.2) is 5.82 Å². The van der Waals surface area contributed by atoms with Crippen LogP contribution >= 0.6 is 0 Å². The van der Waals surface area contributed by atoms with Crippen molar-refractivity contribution >= 4 is 28.2 Å². The summed E-state index contributed by atoms with van der Waals surface area (Å²) in [6, 6.07) is 25.5. The third-order valence-corrected chi connectivity index (χ3v) is 5.76. The number of rotatable bonds is 4. The van der Waals surface area contributed by atoms with Crippen LogP contribution in [0.2, 0.25) is 0 Å². The number of nitrogens with one attached hydrogen (secondary N) is 1. The van der Waals surface area contributed by atoms with Crippen molar-refractivity contribution in [2.24, 2.45) is 0 Å². The number of anilines is 2. The van der Waals surface area contributed by atoms with Gasteiger partial charge in [0, 0.05) is 29.9 Å². The van der Waals surface area contributed by atoms with Crippen LogP contribution in [0.15, 0.2) is 78.9 Å². The van der Waals surface area contributed by atoms with Gasteiger partial charge < -0.3 is 10.2 Å². The Morgan fingerprint density at radius 1 is 0.774 bits per heavy atom. The molecule has 0 radical (unpaired) electrons. The van der Waals surface area contributed by atoms with Crippen molar-refractivity contribution in [2.45, 2.75) is 19.3 Å². The van der Waals surface area contributed by atoms with Crippen LogP contribution in [0.5, 0.6) is 0 Å². The summed E-state index contributed by atoms with van der Waals surface area (Å²) in [5.74, 6) is 0.804. The lowest BCUT2D eigenvalue weighted by Crippen LogP contribution is -2.30. The largest absolute Gasteiger partial charge is 0.355 e. The summed E-state index contributed by atoms with van der Waals surface area (Å²) in [4.78, 5) is 15.1. The van der Waals surface area contributed by atoms with Gasteiger partial charge in [0.25, 0.3) is 5.91 Å². The number of piperidine rings is 1. The highest BCUT2D eigenvalue weighted by atomic mass is 16.1. The fourth-order valence-corrected chi connectivity index (χ4v) is 4.06. The van der Waals surface area contributed by atoms with Crippen molar-refractivity contribution in [2.75, 3.05) is 23.3 Å². The Balaban J connectivity index is 1.33. The van der Waals surface area contributed by atoms with Crippen molar-refractivity contribution in [3.63, 3.8) is 0 Å². The molecule has 1 aliphatic heterocycles. The summed E-state index contributed by atoms with van der Waals surface area (Å²) in [5.41, 5.74) is 3.09. The van der Waals surface area contributed by atoms with Crippen molar-refractivity contribution in [1.82, 2.24) is 10.2 Å². The van der Waals surface area contributed by atoms with E-state index in [4.69, 9.17) is 0 Å². The third kappa shape index (κ3) is 4.26. The Morgan fingerprint density at radius 3 is 2.42 bits per heavy atom. The molecule has 31 heavy (non-hydrogen) atoms. The maximum Gasteiger partial charge on any atom is 0.255 e. The fraction of sp³-hybridized carbons (Fsp3) is 0.192. The van der Waals surface area contributed by atoms with Crippen LogP contribution in [0.3, 0.4) is 0 Å². The van der Waals surface area contributed by atoms with Crippen molar-refractivity contribution < 1.29 is 4.79 Å². The van der Waals surface area contributed by atoms with E-state index in [1.807, 2.05) is 78.9 Å². The molecule has 1 N–H and O–H groups in total. The van der Waals surface area contributed by atoms with Crippen LogP contribution in [0.4, 0.5) is 11.5 Å². The van der Waals surface area contributed by atoms with Crippen LogP contribution in [0.1, 0.15) is 29.6 Å². The second-order valence-corrected chi connectivity index (χ2v) is 7.92. The second-order valence-electron chi connectivity index (χ2n) is 7.92. The Labute approximate surface area is 181 Å². The van der Waals surface area contributed by atoms with E-state index in [9.17, 15) is 4.79 Å². The van der Waals surface area contributed by atoms with Crippen LogP contribution < -0.4 is 10.2 Å². The van der Waals surface area contributed by atoms with Crippen LogP contribution in [-0.4, -0.2) is 29.2 Å². The number of carbonyl (C=O) groups is 1. The average Bonchev–Trinajstić information content (AvgIpc) is 2.84. The molecule has 5 rings (SSSR count). The molecule has 0 atom stereocenters. The first-order valence-electron chi connectivity index (χ1n) is 10.8. The Bertz CT molecular complexity index is 1210. The Morgan fingerprint density at radius 2 is 1.61 bits per heavy atom. The number of carbonyl (C=O) groups excluding carboxylic acids is 1. The molecule has 2 heterocycles. The molecule has 1 amide bonds. The van der Waals surface area contributed by atoms with E-state index >= 15 is 0 Å². The summed E-state index contributed by atoms with van der Waals surface area (Å²) in [6.07, 6.45) is 3.71. The van der Waals surface area contributed by atoms with E-state index in [0.29, 0.717) is 5.56 Å². The number of amides is 1. The highest BCUT2D eigenvalue weighted by molar-refractivity contribution is 6.06. The maximum absolute atomic E-state index is 12.8. The first-order chi connectivity index (χ1) is 15.3. The lowest BCUT2D eigenvalue weighted by atomic mass is 10.1. The van der Waals surface area contributed by atoms with E-state index in [-0.39, 0.29) is 5.91 Å². The maximum atomic E-state index is 12.8. The fourth-order valence-electron chi connectivity index (χ4n) is 4.06. The molecule has 0 spiro atoms. The standard InChI is InChI=1S/C26H24N4O/c31-26(22-12-11-19-7-2-3-8-20(19)17-22)27-23-10-6-9-21(18-23)24-13-14-25(29-28-24)30-15-4-1-5-16-30/h2-3,6-14,17-18H,1,4-5,15-16H2,(H,27,31). The van der Waals surface area contributed by atoms with E-state index in [2.05, 4.69) is 20.4 Å². The summed E-state index contributed by atoms with van der Waals surface area (Å²) in [7, 11) is 0. The van der Waals surface area contributed by atoms with Crippen molar-refractivity contribution in [3.8, 4) is 11.3 Å². The smallest absolute Gasteiger partial charge is 0.255 e. The predicted molar refractivity (Wildman–Crippen MR) is 125 cm³/mol. The van der Waals surface area contributed by atoms with Gasteiger partial charge in [-0.05, 0) is 66.4 Å². The predicted octanol–water partition coefficient (Wildman–Crippen LogP) is 5.54. The molecular formula is C26H24N4O.